The van der Waals surface area contributed by atoms with Gasteiger partial charge in [-0.1, -0.05) is 23.7 Å². The molecule has 2 atom stereocenters. The third kappa shape index (κ3) is 3.34. The summed E-state index contributed by atoms with van der Waals surface area (Å²) in [7, 11) is 0. The first-order chi connectivity index (χ1) is 16.3. The van der Waals surface area contributed by atoms with Crippen molar-refractivity contribution in [2.45, 2.75) is 24.9 Å². The van der Waals surface area contributed by atoms with Crippen LogP contribution in [0.3, 0.4) is 0 Å². The Morgan fingerprint density at radius 2 is 2.06 bits per heavy atom. The van der Waals surface area contributed by atoms with Crippen LogP contribution in [-0.2, 0) is 11.2 Å². The number of aliphatic hydroxyl groups is 1. The number of nitrogens with zero attached hydrogens (tertiary/aromatic N) is 2. The molecule has 2 unspecified atom stereocenters. The van der Waals surface area contributed by atoms with Crippen molar-refractivity contribution in [2.75, 3.05) is 26.2 Å². The summed E-state index contributed by atoms with van der Waals surface area (Å²) < 4.78 is 14.2. The molecule has 2 aromatic carbocycles. The Morgan fingerprint density at radius 3 is 2.79 bits per heavy atom. The molecule has 2 aliphatic rings. The summed E-state index contributed by atoms with van der Waals surface area (Å²) in [6.07, 6.45) is 0.227. The van der Waals surface area contributed by atoms with Gasteiger partial charge in [-0.15, -0.1) is 0 Å². The van der Waals surface area contributed by atoms with Crippen LogP contribution in [0.2, 0.25) is 5.02 Å². The second-order valence-corrected chi connectivity index (χ2v) is 9.27. The van der Waals surface area contributed by atoms with Crippen LogP contribution in [-0.4, -0.2) is 68.7 Å². The summed E-state index contributed by atoms with van der Waals surface area (Å²) in [6.45, 7) is 2.55. The number of benzene rings is 2. The quantitative estimate of drug-likeness (QED) is 0.316. The Morgan fingerprint density at radius 1 is 1.26 bits per heavy atom. The first kappa shape index (κ1) is 22.6. The third-order valence-electron chi connectivity index (χ3n) is 6.69. The van der Waals surface area contributed by atoms with E-state index in [1.807, 2.05) is 0 Å². The van der Waals surface area contributed by atoms with Crippen molar-refractivity contribution < 1.29 is 24.2 Å². The molecule has 1 saturated heterocycles. The van der Waals surface area contributed by atoms with Crippen molar-refractivity contribution >= 4 is 34.4 Å². The van der Waals surface area contributed by atoms with Crippen molar-refractivity contribution in [1.29, 1.82) is 0 Å². The summed E-state index contributed by atoms with van der Waals surface area (Å²) >= 11 is 6.08. The molecule has 1 fully saturated rings. The molecule has 4 N–H and O–H groups in total. The van der Waals surface area contributed by atoms with Crippen molar-refractivity contribution in [2.24, 2.45) is 0 Å². The third-order valence-corrected chi connectivity index (χ3v) is 6.98. The molecule has 0 radical (unpaired) electrons. The fourth-order valence-corrected chi connectivity index (χ4v) is 5.31. The molecule has 0 aliphatic carbocycles. The van der Waals surface area contributed by atoms with E-state index in [4.69, 9.17) is 16.7 Å². The van der Waals surface area contributed by atoms with E-state index in [1.165, 1.54) is 23.1 Å². The van der Waals surface area contributed by atoms with Gasteiger partial charge in [-0.25, -0.2) is 9.18 Å². The Bertz CT molecular complexity index is 1310. The van der Waals surface area contributed by atoms with Gasteiger partial charge in [0.1, 0.15) is 23.1 Å². The number of H-pyrrole nitrogens is 1. The van der Waals surface area contributed by atoms with Gasteiger partial charge >= 0.3 is 6.03 Å². The number of nitrogens with one attached hydrogen (secondary N) is 2. The van der Waals surface area contributed by atoms with E-state index in [-0.39, 0.29) is 36.3 Å². The molecule has 178 valence electrons. The van der Waals surface area contributed by atoms with E-state index < -0.39 is 23.4 Å². The first-order valence-electron chi connectivity index (χ1n) is 11.0. The number of aromatic hydroxyl groups is 1. The maximum atomic E-state index is 14.2. The predicted octanol–water partition coefficient (Wildman–Crippen LogP) is 2.92. The molecule has 10 heteroatoms. The van der Waals surface area contributed by atoms with Gasteiger partial charge < -0.3 is 20.5 Å². The van der Waals surface area contributed by atoms with Crippen molar-refractivity contribution in [1.82, 2.24) is 20.1 Å². The zero-order chi connectivity index (χ0) is 24.2. The summed E-state index contributed by atoms with van der Waals surface area (Å²) in [4.78, 5) is 33.2. The Kier molecular flexibility index (Phi) is 5.50. The van der Waals surface area contributed by atoms with Crippen molar-refractivity contribution in [3.05, 3.63) is 64.1 Å². The van der Waals surface area contributed by atoms with Gasteiger partial charge in [-0.2, -0.15) is 0 Å². The minimum absolute atomic E-state index is 0.0267. The predicted molar refractivity (Wildman–Crippen MR) is 124 cm³/mol. The number of amides is 3. The highest BCUT2D eigenvalue weighted by molar-refractivity contribution is 6.31. The smallest absolute Gasteiger partial charge is 0.328 e. The summed E-state index contributed by atoms with van der Waals surface area (Å²) in [5.41, 5.74) is 1.39. The molecule has 3 heterocycles. The van der Waals surface area contributed by atoms with Crippen LogP contribution in [0.5, 0.6) is 5.75 Å². The van der Waals surface area contributed by atoms with Crippen LogP contribution < -0.4 is 5.32 Å². The van der Waals surface area contributed by atoms with Gasteiger partial charge in [0.2, 0.25) is 0 Å². The lowest BCUT2D eigenvalue weighted by atomic mass is 9.81. The molecule has 34 heavy (non-hydrogen) atoms. The molecule has 1 aromatic heterocycles. The number of imide groups is 1. The van der Waals surface area contributed by atoms with Crippen LogP contribution in [0.1, 0.15) is 29.8 Å². The topological polar surface area (TPSA) is 109 Å². The number of halogens is 2. The lowest BCUT2D eigenvalue weighted by Gasteiger charge is -2.42. The van der Waals surface area contributed by atoms with Crippen LogP contribution in [0.4, 0.5) is 9.18 Å². The van der Waals surface area contributed by atoms with Crippen LogP contribution in [0.25, 0.3) is 10.9 Å². The van der Waals surface area contributed by atoms with E-state index in [0.717, 1.165) is 5.56 Å². The minimum atomic E-state index is -1.19. The molecular weight excluding hydrogens is 463 g/mol. The van der Waals surface area contributed by atoms with E-state index >= 15 is 0 Å². The highest BCUT2D eigenvalue weighted by atomic mass is 35.5. The summed E-state index contributed by atoms with van der Waals surface area (Å²) in [5.74, 6) is -0.872. The maximum Gasteiger partial charge on any atom is 0.328 e. The molecule has 2 aliphatic heterocycles. The molecule has 5 rings (SSSR count). The fraction of sp³-hybridized carbons (Fsp3) is 0.333. The van der Waals surface area contributed by atoms with Gasteiger partial charge in [0.15, 0.2) is 0 Å². The zero-order valence-corrected chi connectivity index (χ0v) is 19.2. The number of rotatable bonds is 6. The Balaban J connectivity index is 1.66. The highest BCUT2D eigenvalue weighted by Crippen LogP contribution is 2.49. The van der Waals surface area contributed by atoms with Crippen molar-refractivity contribution in [3.8, 4) is 5.75 Å². The number of phenolic OH excluding ortho intramolecular Hbond substituents is 1. The van der Waals surface area contributed by atoms with Gasteiger partial charge in [-0.3, -0.25) is 14.6 Å². The molecule has 3 aromatic rings. The Hall–Kier alpha value is -3.14. The van der Waals surface area contributed by atoms with Crippen LogP contribution in [0, 0.1) is 5.82 Å². The number of carbonyl (C=O) groups is 2. The second-order valence-electron chi connectivity index (χ2n) is 8.86. The number of urea groups is 1. The number of aromatic nitrogens is 1. The number of aromatic amines is 1. The normalized spacial score (nSPS) is 21.9. The van der Waals surface area contributed by atoms with Crippen molar-refractivity contribution in [3.63, 3.8) is 0 Å². The number of fused-ring (bicyclic) bond motifs is 4. The van der Waals surface area contributed by atoms with E-state index in [9.17, 15) is 19.1 Å². The van der Waals surface area contributed by atoms with E-state index in [1.54, 1.807) is 30.0 Å². The maximum absolute atomic E-state index is 14.2. The number of carbonyl (C=O) groups excluding carboxylic acids is 2. The molecule has 8 nitrogen and oxygen atoms in total. The lowest BCUT2D eigenvalue weighted by Crippen LogP contribution is -2.53. The van der Waals surface area contributed by atoms with E-state index in [0.29, 0.717) is 35.2 Å². The number of aliphatic hydroxyl groups excluding tert-OH is 1. The molecule has 0 saturated carbocycles. The summed E-state index contributed by atoms with van der Waals surface area (Å²) in [6, 6.07) is 8.24. The number of hydrogen-bond acceptors (Lipinski definition) is 5. The fourth-order valence-electron chi connectivity index (χ4n) is 5.14. The molecular formula is C24H24ClFN4O4. The minimum Gasteiger partial charge on any atom is -0.508 e. The lowest BCUT2D eigenvalue weighted by molar-refractivity contribution is -0.133. The van der Waals surface area contributed by atoms with E-state index in [2.05, 4.69) is 10.3 Å². The van der Waals surface area contributed by atoms with Crippen LogP contribution in [0.15, 0.2) is 36.4 Å². The van der Waals surface area contributed by atoms with Gasteiger partial charge in [0, 0.05) is 42.7 Å². The monoisotopic (exact) mass is 486 g/mol. The van der Waals surface area contributed by atoms with Gasteiger partial charge in [0.05, 0.1) is 11.6 Å². The largest absolute Gasteiger partial charge is 0.508 e. The highest BCUT2D eigenvalue weighted by Gasteiger charge is 2.60. The zero-order valence-electron chi connectivity index (χ0n) is 18.4. The second kappa shape index (κ2) is 8.26. The first-order valence-corrected chi connectivity index (χ1v) is 11.4. The standard InChI is InChI=1S/C24H24ClFN4O4/c1-24-12-16-15-10-17(25)18(26)11-19(15)28-20(16)21(13-3-2-4-14(32)9-13)30(24)23(34)29(22(24)33)7-5-27-6-8-31/h2-4,9-11,21,27-28,31-32H,5-8,12H2,1H3. The average molecular weight is 487 g/mol. The number of hydrogen-bond donors (Lipinski definition) is 4. The summed E-state index contributed by atoms with van der Waals surface area (Å²) in [5, 5.41) is 22.8. The van der Waals surface area contributed by atoms with Crippen LogP contribution >= 0.6 is 11.6 Å². The van der Waals surface area contributed by atoms with Gasteiger partial charge in [-0.05, 0) is 42.3 Å². The average Bonchev–Trinajstić information content (AvgIpc) is 3.22. The number of phenols is 1. The molecule has 0 bridgehead atoms. The Labute approximate surface area is 199 Å². The SMILES string of the molecule is CC12Cc3c([nH]c4cc(F)c(Cl)cc34)C(c3cccc(O)c3)N1C(=O)N(CCNCCO)C2=O. The molecule has 3 amide bonds. The molecule has 0 spiro atoms. The van der Waals surface area contributed by atoms with Gasteiger partial charge in [0.25, 0.3) is 5.91 Å².